The van der Waals surface area contributed by atoms with Crippen LogP contribution in [0.4, 0.5) is 5.69 Å². The fourth-order valence-corrected chi connectivity index (χ4v) is 3.52. The molecule has 0 bridgehead atoms. The van der Waals surface area contributed by atoms with Crippen molar-refractivity contribution in [1.82, 2.24) is 4.31 Å². The van der Waals surface area contributed by atoms with E-state index in [1.165, 1.54) is 4.31 Å². The third kappa shape index (κ3) is 3.10. The van der Waals surface area contributed by atoms with E-state index in [-0.39, 0.29) is 13.2 Å². The highest BCUT2D eigenvalue weighted by atomic mass is 32.2. The molecule has 0 amide bonds. The molecular weight excluding hydrogens is 280 g/mol. The number of sulfonamides is 1. The summed E-state index contributed by atoms with van der Waals surface area (Å²) in [6.07, 6.45) is 0.600. The Labute approximate surface area is 118 Å². The lowest BCUT2D eigenvalue weighted by molar-refractivity contribution is -0.140. The number of rotatable bonds is 4. The predicted molar refractivity (Wildman–Crippen MR) is 75.4 cm³/mol. The fourth-order valence-electron chi connectivity index (χ4n) is 2.26. The smallest absolute Gasteiger partial charge is 0.322 e. The van der Waals surface area contributed by atoms with Crippen molar-refractivity contribution in [2.75, 3.05) is 24.6 Å². The molecule has 0 atom stereocenters. The molecule has 0 fully saturated rings. The summed E-state index contributed by atoms with van der Waals surface area (Å²) in [6, 6.07) is 5.55. The van der Waals surface area contributed by atoms with Crippen molar-refractivity contribution in [1.29, 1.82) is 0 Å². The van der Waals surface area contributed by atoms with Gasteiger partial charge >= 0.3 is 5.97 Å². The van der Waals surface area contributed by atoms with Gasteiger partial charge in [0, 0.05) is 18.8 Å². The number of hydrogen-bond acceptors (Lipinski definition) is 5. The van der Waals surface area contributed by atoms with Gasteiger partial charge in [-0.3, -0.25) is 4.79 Å². The first kappa shape index (κ1) is 14.8. The Morgan fingerprint density at radius 2 is 2.20 bits per heavy atom. The Morgan fingerprint density at radius 3 is 2.90 bits per heavy atom. The first-order valence-electron chi connectivity index (χ1n) is 6.43. The Morgan fingerprint density at radius 1 is 1.45 bits per heavy atom. The van der Waals surface area contributed by atoms with Gasteiger partial charge in [0.2, 0.25) is 10.0 Å². The van der Waals surface area contributed by atoms with Crippen LogP contribution in [0.3, 0.4) is 0 Å². The Kier molecular flexibility index (Phi) is 4.29. The van der Waals surface area contributed by atoms with E-state index in [0.29, 0.717) is 18.7 Å². The molecule has 0 saturated heterocycles. The number of carbonyl (C=O) groups is 1. The number of nitrogens with zero attached hydrogens (tertiary/aromatic N) is 1. The van der Waals surface area contributed by atoms with Gasteiger partial charge in [-0.05, 0) is 30.5 Å². The zero-order valence-corrected chi connectivity index (χ0v) is 12.1. The predicted octanol–water partition coefficient (Wildman–Crippen LogP) is 0.520. The molecule has 0 aliphatic carbocycles. The largest absolute Gasteiger partial charge is 0.465 e. The van der Waals surface area contributed by atoms with Crippen molar-refractivity contribution in [3.63, 3.8) is 0 Å². The van der Waals surface area contributed by atoms with E-state index in [1.807, 2.05) is 12.1 Å². The average molecular weight is 298 g/mol. The quantitative estimate of drug-likeness (QED) is 0.646. The highest BCUT2D eigenvalue weighted by Gasteiger charge is 2.30. The van der Waals surface area contributed by atoms with E-state index in [9.17, 15) is 13.2 Å². The van der Waals surface area contributed by atoms with E-state index in [0.717, 1.165) is 11.1 Å². The summed E-state index contributed by atoms with van der Waals surface area (Å²) in [5.74, 6) is -1.34. The topological polar surface area (TPSA) is 89.7 Å². The van der Waals surface area contributed by atoms with E-state index < -0.39 is 21.7 Å². The molecule has 0 aromatic heterocycles. The maximum atomic E-state index is 12.2. The number of fused-ring (bicyclic) bond motifs is 1. The number of carbonyl (C=O) groups excluding carboxylic acids is 1. The maximum absolute atomic E-state index is 12.2. The van der Waals surface area contributed by atoms with Crippen molar-refractivity contribution in [2.45, 2.75) is 19.9 Å². The summed E-state index contributed by atoms with van der Waals surface area (Å²) in [6.45, 7) is 2.38. The molecule has 7 heteroatoms. The van der Waals surface area contributed by atoms with Gasteiger partial charge in [0.15, 0.2) is 5.75 Å². The molecule has 1 heterocycles. The van der Waals surface area contributed by atoms with Crippen molar-refractivity contribution < 1.29 is 17.9 Å². The van der Waals surface area contributed by atoms with Crippen molar-refractivity contribution >= 4 is 21.7 Å². The summed E-state index contributed by atoms with van der Waals surface area (Å²) >= 11 is 0. The van der Waals surface area contributed by atoms with Crippen LogP contribution >= 0.6 is 0 Å². The van der Waals surface area contributed by atoms with Crippen LogP contribution in [-0.2, 0) is 32.5 Å². The van der Waals surface area contributed by atoms with E-state index in [2.05, 4.69) is 0 Å². The van der Waals surface area contributed by atoms with Crippen LogP contribution in [-0.4, -0.2) is 37.6 Å². The molecule has 1 aliphatic rings. The molecule has 1 aromatic carbocycles. The molecular formula is C13H18N2O4S. The summed E-state index contributed by atoms with van der Waals surface area (Å²) < 4.78 is 30.3. The molecule has 2 N–H and O–H groups in total. The first-order valence-corrected chi connectivity index (χ1v) is 8.04. The van der Waals surface area contributed by atoms with Crippen molar-refractivity contribution in [3.05, 3.63) is 29.3 Å². The van der Waals surface area contributed by atoms with E-state index >= 15 is 0 Å². The zero-order valence-electron chi connectivity index (χ0n) is 11.3. The van der Waals surface area contributed by atoms with Crippen LogP contribution < -0.4 is 5.73 Å². The lowest BCUT2D eigenvalue weighted by Gasteiger charge is -2.28. The minimum absolute atomic E-state index is 0.171. The lowest BCUT2D eigenvalue weighted by Crippen LogP contribution is -2.39. The molecule has 110 valence electrons. The minimum atomic E-state index is -3.66. The summed E-state index contributed by atoms with van der Waals surface area (Å²) in [5.41, 5.74) is 8.35. The Bertz CT molecular complexity index is 613. The van der Waals surface area contributed by atoms with Gasteiger partial charge < -0.3 is 10.5 Å². The molecule has 0 spiro atoms. The first-order chi connectivity index (χ1) is 9.44. The minimum Gasteiger partial charge on any atom is -0.465 e. The second kappa shape index (κ2) is 5.80. The fraction of sp³-hybridized carbons (Fsp3) is 0.462. The van der Waals surface area contributed by atoms with Gasteiger partial charge in [-0.1, -0.05) is 12.1 Å². The van der Waals surface area contributed by atoms with Gasteiger partial charge in [-0.15, -0.1) is 0 Å². The van der Waals surface area contributed by atoms with Crippen molar-refractivity contribution in [3.8, 4) is 0 Å². The average Bonchev–Trinajstić information content (AvgIpc) is 2.38. The molecule has 2 rings (SSSR count). The van der Waals surface area contributed by atoms with Crippen LogP contribution in [0.1, 0.15) is 18.1 Å². The normalized spacial score (nSPS) is 15.7. The molecule has 0 radical (unpaired) electrons. The highest BCUT2D eigenvalue weighted by molar-refractivity contribution is 7.89. The number of hydrogen-bond donors (Lipinski definition) is 1. The number of benzene rings is 1. The lowest BCUT2D eigenvalue weighted by atomic mass is 10.00. The summed E-state index contributed by atoms with van der Waals surface area (Å²) in [4.78, 5) is 11.4. The number of nitrogens with two attached hydrogens (primary N) is 1. The third-order valence-corrected chi connectivity index (χ3v) is 4.97. The summed E-state index contributed by atoms with van der Waals surface area (Å²) in [7, 11) is -3.66. The number of anilines is 1. The van der Waals surface area contributed by atoms with Gasteiger partial charge in [0.05, 0.1) is 6.61 Å². The van der Waals surface area contributed by atoms with Gasteiger partial charge in [-0.2, -0.15) is 4.31 Å². The van der Waals surface area contributed by atoms with Gasteiger partial charge in [0.1, 0.15) is 0 Å². The molecule has 0 saturated carbocycles. The number of nitrogen functional groups attached to an aromatic ring is 1. The number of ether oxygens (including phenoxy) is 1. The Hall–Kier alpha value is -1.60. The highest BCUT2D eigenvalue weighted by Crippen LogP contribution is 2.25. The SMILES string of the molecule is CCOC(=O)CS(=O)(=O)N1CCc2cccc(N)c2C1. The zero-order chi connectivity index (χ0) is 14.8. The van der Waals surface area contributed by atoms with Crippen LogP contribution in [0.25, 0.3) is 0 Å². The molecule has 1 aliphatic heterocycles. The van der Waals surface area contributed by atoms with Gasteiger partial charge in [-0.25, -0.2) is 8.42 Å². The molecule has 20 heavy (non-hydrogen) atoms. The molecule has 0 unspecified atom stereocenters. The molecule has 6 nitrogen and oxygen atoms in total. The summed E-state index contributed by atoms with van der Waals surface area (Å²) in [5, 5.41) is 0. The third-order valence-electron chi connectivity index (χ3n) is 3.27. The van der Waals surface area contributed by atoms with Gasteiger partial charge in [0.25, 0.3) is 0 Å². The number of esters is 1. The standard InChI is InChI=1S/C13H18N2O4S/c1-2-19-13(16)9-20(17,18)15-7-6-10-4-3-5-12(14)11(10)8-15/h3-5H,2,6-9,14H2,1H3. The van der Waals surface area contributed by atoms with Crippen LogP contribution in [0.5, 0.6) is 0 Å². The van der Waals surface area contributed by atoms with Crippen LogP contribution in [0.2, 0.25) is 0 Å². The Balaban J connectivity index is 2.16. The second-order valence-electron chi connectivity index (χ2n) is 4.63. The second-order valence-corrected chi connectivity index (χ2v) is 6.60. The van der Waals surface area contributed by atoms with Crippen LogP contribution in [0, 0.1) is 0 Å². The monoisotopic (exact) mass is 298 g/mol. The molecule has 1 aromatic rings. The van der Waals surface area contributed by atoms with E-state index in [1.54, 1.807) is 13.0 Å². The maximum Gasteiger partial charge on any atom is 0.322 e. The van der Waals surface area contributed by atoms with Crippen molar-refractivity contribution in [2.24, 2.45) is 0 Å². The van der Waals surface area contributed by atoms with E-state index in [4.69, 9.17) is 10.5 Å². The van der Waals surface area contributed by atoms with Crippen LogP contribution in [0.15, 0.2) is 18.2 Å².